The molecule has 0 heterocycles. The zero-order valence-electron chi connectivity index (χ0n) is 7.58. The predicted molar refractivity (Wildman–Crippen MR) is 46.1 cm³/mol. The zero-order valence-corrected chi connectivity index (χ0v) is 10.6. The van der Waals surface area contributed by atoms with E-state index in [1.807, 2.05) is 17.3 Å². The Morgan fingerprint density at radius 1 is 1.09 bits per heavy atom. The molecule has 0 fully saturated rings. The fourth-order valence-electron chi connectivity index (χ4n) is 0.484. The summed E-state index contributed by atoms with van der Waals surface area (Å²) in [5.41, 5.74) is 0. The minimum atomic E-state index is -3.22. The van der Waals surface area contributed by atoms with Crippen LogP contribution < -0.4 is 0 Å². The Labute approximate surface area is 70.5 Å². The van der Waals surface area contributed by atoms with Gasteiger partial charge in [-0.2, -0.15) is 0 Å². The monoisotopic (exact) mass is 244 g/mol. The van der Waals surface area contributed by atoms with Gasteiger partial charge < -0.3 is 0 Å². The summed E-state index contributed by atoms with van der Waals surface area (Å²) < 4.78 is 25.8. The van der Waals surface area contributed by atoms with Crippen molar-refractivity contribution >= 4 is 21.4 Å². The van der Waals surface area contributed by atoms with E-state index in [9.17, 15) is 4.57 Å². The van der Waals surface area contributed by atoms with E-state index in [0.717, 1.165) is 0 Å². The number of phosphoric acid groups is 1. The standard InChI is InChI=1S/C5H15GeO4P/c1-6(2,3)10-11(7,8-4)9-5/h1-5H3. The van der Waals surface area contributed by atoms with E-state index in [0.29, 0.717) is 0 Å². The Morgan fingerprint density at radius 3 is 1.55 bits per heavy atom. The van der Waals surface area contributed by atoms with E-state index in [1.165, 1.54) is 14.2 Å². The van der Waals surface area contributed by atoms with Crippen molar-refractivity contribution in [2.24, 2.45) is 0 Å². The quantitative estimate of drug-likeness (QED) is 0.560. The summed E-state index contributed by atoms with van der Waals surface area (Å²) in [5, 5.41) is 0. The van der Waals surface area contributed by atoms with Crippen molar-refractivity contribution in [2.75, 3.05) is 14.2 Å². The van der Waals surface area contributed by atoms with Crippen LogP contribution in [0, 0.1) is 0 Å². The molecule has 0 aliphatic carbocycles. The molecule has 0 atom stereocenters. The van der Waals surface area contributed by atoms with E-state index < -0.39 is 21.4 Å². The summed E-state index contributed by atoms with van der Waals surface area (Å²) in [6.45, 7) is 0. The van der Waals surface area contributed by atoms with Crippen LogP contribution in [-0.4, -0.2) is 27.8 Å². The minimum absolute atomic E-state index is 1.32. The molecule has 0 bridgehead atoms. The summed E-state index contributed by atoms with van der Waals surface area (Å²) in [4.78, 5) is 0. The van der Waals surface area contributed by atoms with Crippen LogP contribution in [0.15, 0.2) is 0 Å². The van der Waals surface area contributed by atoms with Gasteiger partial charge >= 0.3 is 70.1 Å². The van der Waals surface area contributed by atoms with Gasteiger partial charge in [-0.15, -0.1) is 0 Å². The van der Waals surface area contributed by atoms with E-state index in [1.54, 1.807) is 0 Å². The third-order valence-corrected chi connectivity index (χ3v) is 7.35. The van der Waals surface area contributed by atoms with Gasteiger partial charge in [0.25, 0.3) is 0 Å². The van der Waals surface area contributed by atoms with Crippen LogP contribution in [0.4, 0.5) is 0 Å². The number of hydrogen-bond donors (Lipinski definition) is 0. The second kappa shape index (κ2) is 4.05. The Kier molecular flexibility index (Phi) is 4.29. The molecule has 0 spiro atoms. The molecule has 0 unspecified atom stereocenters. The first-order valence-electron chi connectivity index (χ1n) is 3.25. The summed E-state index contributed by atoms with van der Waals surface area (Å²) in [5.74, 6) is 5.89. The Bertz CT molecular complexity index is 156. The van der Waals surface area contributed by atoms with Gasteiger partial charge in [0.05, 0.1) is 0 Å². The second-order valence-electron chi connectivity index (χ2n) is 3.02. The van der Waals surface area contributed by atoms with Crippen molar-refractivity contribution in [1.82, 2.24) is 0 Å². The molecule has 0 aromatic rings. The van der Waals surface area contributed by atoms with Crippen molar-refractivity contribution in [3.05, 3.63) is 0 Å². The molecule has 0 N–H and O–H groups in total. The van der Waals surface area contributed by atoms with E-state index in [-0.39, 0.29) is 0 Å². The maximum atomic E-state index is 11.3. The molecule has 0 aliphatic rings. The molecule has 6 heteroatoms. The van der Waals surface area contributed by atoms with E-state index in [2.05, 4.69) is 9.05 Å². The first kappa shape index (κ1) is 11.7. The fraction of sp³-hybridized carbons (Fsp3) is 1.00. The van der Waals surface area contributed by atoms with Crippen LogP contribution in [0.5, 0.6) is 0 Å². The summed E-state index contributed by atoms with van der Waals surface area (Å²) >= 11 is -2.31. The van der Waals surface area contributed by atoms with Gasteiger partial charge in [-0.05, 0) is 0 Å². The van der Waals surface area contributed by atoms with Crippen molar-refractivity contribution in [3.63, 3.8) is 0 Å². The van der Waals surface area contributed by atoms with Crippen LogP contribution in [0.25, 0.3) is 0 Å². The van der Waals surface area contributed by atoms with Gasteiger partial charge in [-0.3, -0.25) is 0 Å². The molecule has 11 heavy (non-hydrogen) atoms. The predicted octanol–water partition coefficient (Wildman–Crippen LogP) is 2.24. The number of rotatable bonds is 4. The third kappa shape index (κ3) is 4.98. The van der Waals surface area contributed by atoms with Gasteiger partial charge in [0.1, 0.15) is 0 Å². The van der Waals surface area contributed by atoms with Crippen molar-refractivity contribution in [2.45, 2.75) is 17.3 Å². The number of hydrogen-bond acceptors (Lipinski definition) is 4. The first-order valence-corrected chi connectivity index (χ1v) is 11.9. The van der Waals surface area contributed by atoms with Crippen LogP contribution in [0.2, 0.25) is 17.3 Å². The molecule has 0 amide bonds. The van der Waals surface area contributed by atoms with Crippen molar-refractivity contribution < 1.29 is 17.2 Å². The molecular formula is C5H15GeO4P. The SMILES string of the molecule is COP(=O)(OC)[O][Ge]([CH3])([CH3])[CH3]. The average molecular weight is 243 g/mol. The van der Waals surface area contributed by atoms with Crippen LogP contribution >= 0.6 is 7.82 Å². The molecule has 0 aromatic carbocycles. The Balaban J connectivity index is 4.21. The molecule has 0 radical (unpaired) electrons. The third-order valence-electron chi connectivity index (χ3n) is 0.833. The average Bonchev–Trinajstić information content (AvgIpc) is 1.84. The molecule has 0 aliphatic heterocycles. The fourth-order valence-corrected chi connectivity index (χ4v) is 6.61. The molecule has 0 rings (SSSR count). The Morgan fingerprint density at radius 2 is 1.45 bits per heavy atom. The van der Waals surface area contributed by atoms with Gasteiger partial charge in [0.15, 0.2) is 0 Å². The van der Waals surface area contributed by atoms with Crippen LogP contribution in [0.3, 0.4) is 0 Å². The summed E-state index contributed by atoms with van der Waals surface area (Å²) in [7, 11) is -0.584. The van der Waals surface area contributed by atoms with Gasteiger partial charge in [-0.1, -0.05) is 0 Å². The second-order valence-corrected chi connectivity index (χ2v) is 14.8. The summed E-state index contributed by atoms with van der Waals surface area (Å²) in [6, 6.07) is 0. The molecule has 68 valence electrons. The molecule has 0 saturated carbocycles. The van der Waals surface area contributed by atoms with E-state index >= 15 is 0 Å². The number of phosphoric ester groups is 1. The van der Waals surface area contributed by atoms with Crippen LogP contribution in [-0.2, 0) is 17.2 Å². The van der Waals surface area contributed by atoms with Gasteiger partial charge in [0, 0.05) is 0 Å². The topological polar surface area (TPSA) is 44.8 Å². The molecular weight excluding hydrogens is 228 g/mol. The molecule has 4 nitrogen and oxygen atoms in total. The van der Waals surface area contributed by atoms with E-state index in [4.69, 9.17) is 3.55 Å². The normalized spacial score (nSPS) is 13.5. The van der Waals surface area contributed by atoms with Crippen molar-refractivity contribution in [1.29, 1.82) is 0 Å². The van der Waals surface area contributed by atoms with Crippen molar-refractivity contribution in [3.8, 4) is 0 Å². The molecule has 0 aromatic heterocycles. The zero-order chi connectivity index (χ0) is 9.12. The van der Waals surface area contributed by atoms with Gasteiger partial charge in [0.2, 0.25) is 0 Å². The summed E-state index contributed by atoms with van der Waals surface area (Å²) in [6.07, 6.45) is 0. The van der Waals surface area contributed by atoms with Crippen LogP contribution in [0.1, 0.15) is 0 Å². The maximum absolute atomic E-state index is 11.3. The van der Waals surface area contributed by atoms with Gasteiger partial charge in [-0.25, -0.2) is 0 Å². The molecule has 0 saturated heterocycles. The first-order chi connectivity index (χ1) is 4.83. The Hall–Kier alpha value is 0.653.